The van der Waals surface area contributed by atoms with E-state index in [1.54, 1.807) is 27.0 Å². The molecule has 0 radical (unpaired) electrons. The van der Waals surface area contributed by atoms with Crippen LogP contribution in [0, 0.1) is 17.8 Å². The lowest BCUT2D eigenvalue weighted by molar-refractivity contribution is -0.145. The summed E-state index contributed by atoms with van der Waals surface area (Å²) in [6.45, 7) is 9.00. The zero-order valence-corrected chi connectivity index (χ0v) is 33.3. The fraction of sp³-hybridized carbons (Fsp3) is 0.575. The Morgan fingerprint density at radius 2 is 1.61 bits per heavy atom. The summed E-state index contributed by atoms with van der Waals surface area (Å²) in [6.07, 6.45) is 7.32. The lowest BCUT2D eigenvalue weighted by Crippen LogP contribution is -2.56. The summed E-state index contributed by atoms with van der Waals surface area (Å²) in [5.41, 5.74) is 0.438. The summed E-state index contributed by atoms with van der Waals surface area (Å²) in [5, 5.41) is 10.3. The number of nitrogens with one attached hydrogen (secondary N) is 4. The van der Waals surface area contributed by atoms with Crippen molar-refractivity contribution in [1.82, 2.24) is 25.9 Å². The number of hydrogen-bond acceptors (Lipinski definition) is 8. The van der Waals surface area contributed by atoms with Gasteiger partial charge in [0, 0.05) is 25.2 Å². The number of amides is 3. The maximum absolute atomic E-state index is 14.3. The zero-order chi connectivity index (χ0) is 39.5. The van der Waals surface area contributed by atoms with E-state index in [9.17, 15) is 28.6 Å². The number of rotatable bonds is 17. The maximum Gasteiger partial charge on any atom is 0.408 e. The number of carbonyl (C=O) groups excluding carboxylic acids is 4. The molecular formula is C40H58N5O8P. The molecule has 3 amide bonds. The van der Waals surface area contributed by atoms with Crippen LogP contribution in [0.5, 0.6) is 0 Å². The first-order valence-electron chi connectivity index (χ1n) is 19.0. The Balaban J connectivity index is 1.65. The third-order valence-electron chi connectivity index (χ3n) is 9.76. The molecule has 0 bridgehead atoms. The van der Waals surface area contributed by atoms with Gasteiger partial charge in [0.2, 0.25) is 19.2 Å². The maximum atomic E-state index is 14.3. The highest BCUT2D eigenvalue weighted by Crippen LogP contribution is 2.51. The van der Waals surface area contributed by atoms with Gasteiger partial charge < -0.3 is 35.3 Å². The molecule has 1 aliphatic carbocycles. The Labute approximate surface area is 318 Å². The molecule has 1 aliphatic rings. The van der Waals surface area contributed by atoms with Crippen LogP contribution in [0.2, 0.25) is 0 Å². The summed E-state index contributed by atoms with van der Waals surface area (Å²) >= 11 is 0. The molecule has 3 aromatic rings. The van der Waals surface area contributed by atoms with Crippen molar-refractivity contribution in [3.8, 4) is 0 Å². The van der Waals surface area contributed by atoms with E-state index >= 15 is 0 Å². The second-order valence-electron chi connectivity index (χ2n) is 15.9. The molecule has 1 fully saturated rings. The number of carbonyl (C=O) groups is 4. The number of imidazole rings is 1. The third-order valence-corrected chi connectivity index (χ3v) is 12.0. The van der Waals surface area contributed by atoms with Crippen LogP contribution in [0.4, 0.5) is 4.79 Å². The SMILES string of the molecule is COC(=O)C(CC(C)C)CP(=O)(O)C(CC1CCCCC1)NC(=O)[C@H](Cc1c[nH]cn1)NC(=O)C(Cc1cccc2ccccc12)NC(=O)OC(C)(C)C. The van der Waals surface area contributed by atoms with Gasteiger partial charge in [-0.3, -0.25) is 18.9 Å². The molecule has 1 heterocycles. The van der Waals surface area contributed by atoms with Crippen LogP contribution < -0.4 is 16.0 Å². The first-order chi connectivity index (χ1) is 25.5. The monoisotopic (exact) mass is 767 g/mol. The predicted octanol–water partition coefficient (Wildman–Crippen LogP) is 6.24. The highest BCUT2D eigenvalue weighted by molar-refractivity contribution is 7.58. The lowest BCUT2D eigenvalue weighted by Gasteiger charge is -2.32. The number of H-pyrrole nitrogens is 1. The molecule has 1 saturated carbocycles. The van der Waals surface area contributed by atoms with Crippen LogP contribution in [0.1, 0.15) is 90.8 Å². The van der Waals surface area contributed by atoms with E-state index < -0.39 is 60.6 Å². The standard InChI is InChI=1S/C40H58N5O8P/c1-26(2)19-30(38(48)52-6)24-54(50,51)35(20-27-13-8-7-9-14-27)45-37(47)34(22-31-23-41-25-42-31)43-36(46)33(44-39(49)53-40(3,4)5)21-29-17-12-16-28-15-10-11-18-32(28)29/h10-12,15-18,23,25-27,30,33-35H,7-9,13-14,19-22,24H2,1-6H3,(H,41,42)(H,43,46)(H,44,49)(H,45,47)(H,50,51)/t30?,33?,34-,35?/m0/s1. The summed E-state index contributed by atoms with van der Waals surface area (Å²) in [6, 6.07) is 11.0. The van der Waals surface area contributed by atoms with Gasteiger partial charge in [-0.1, -0.05) is 88.4 Å². The van der Waals surface area contributed by atoms with Gasteiger partial charge in [-0.2, -0.15) is 0 Å². The van der Waals surface area contributed by atoms with Crippen molar-refractivity contribution in [2.24, 2.45) is 17.8 Å². The van der Waals surface area contributed by atoms with Gasteiger partial charge in [-0.15, -0.1) is 0 Å². The van der Waals surface area contributed by atoms with Gasteiger partial charge in [-0.05, 0) is 61.8 Å². The van der Waals surface area contributed by atoms with E-state index in [1.807, 2.05) is 56.3 Å². The van der Waals surface area contributed by atoms with Gasteiger partial charge in [0.05, 0.1) is 25.0 Å². The number of aromatic nitrogens is 2. The highest BCUT2D eigenvalue weighted by atomic mass is 31.2. The van der Waals surface area contributed by atoms with Crippen LogP contribution in [-0.2, 0) is 41.3 Å². The average Bonchev–Trinajstić information content (AvgIpc) is 3.63. The zero-order valence-electron chi connectivity index (χ0n) is 32.4. The van der Waals surface area contributed by atoms with Crippen LogP contribution in [0.15, 0.2) is 55.0 Å². The minimum atomic E-state index is -4.22. The van der Waals surface area contributed by atoms with Crippen molar-refractivity contribution in [1.29, 1.82) is 0 Å². The number of fused-ring (bicyclic) bond motifs is 1. The molecule has 5 N–H and O–H groups in total. The van der Waals surface area contributed by atoms with Crippen molar-refractivity contribution >= 4 is 42.0 Å². The number of methoxy groups -OCH3 is 1. The number of esters is 1. The first kappa shape index (κ1) is 42.5. The molecule has 296 valence electrons. The second kappa shape index (κ2) is 19.4. The molecule has 1 aromatic heterocycles. The van der Waals surface area contributed by atoms with E-state index in [0.29, 0.717) is 12.1 Å². The van der Waals surface area contributed by atoms with Gasteiger partial charge in [0.1, 0.15) is 23.5 Å². The van der Waals surface area contributed by atoms with Crippen molar-refractivity contribution in [3.05, 3.63) is 66.2 Å². The summed E-state index contributed by atoms with van der Waals surface area (Å²) in [7, 11) is -2.96. The number of hydrogen-bond donors (Lipinski definition) is 5. The van der Waals surface area contributed by atoms with E-state index in [4.69, 9.17) is 9.47 Å². The minimum absolute atomic E-state index is 0.0431. The minimum Gasteiger partial charge on any atom is -0.469 e. The van der Waals surface area contributed by atoms with Gasteiger partial charge in [0.15, 0.2) is 0 Å². The van der Waals surface area contributed by atoms with Gasteiger partial charge >= 0.3 is 12.1 Å². The number of nitrogens with zero attached hydrogens (tertiary/aromatic N) is 1. The fourth-order valence-corrected chi connectivity index (χ4v) is 9.34. The van der Waals surface area contributed by atoms with Crippen molar-refractivity contribution in [3.63, 3.8) is 0 Å². The summed E-state index contributed by atoms with van der Waals surface area (Å²) in [4.78, 5) is 73.2. The van der Waals surface area contributed by atoms with Crippen LogP contribution in [0.3, 0.4) is 0 Å². The molecule has 4 rings (SSSR count). The topological polar surface area (TPSA) is 189 Å². The number of alkyl carbamates (subject to hydrolysis) is 1. The Kier molecular flexibility index (Phi) is 15.3. The molecule has 0 aliphatic heterocycles. The van der Waals surface area contributed by atoms with Crippen molar-refractivity contribution in [2.75, 3.05) is 13.3 Å². The first-order valence-corrected chi connectivity index (χ1v) is 20.9. The Morgan fingerprint density at radius 3 is 2.26 bits per heavy atom. The van der Waals surface area contributed by atoms with E-state index in [1.165, 1.54) is 13.4 Å². The number of ether oxygens (including phenoxy) is 2. The number of benzene rings is 2. The molecule has 5 atom stereocenters. The lowest BCUT2D eigenvalue weighted by atomic mass is 9.87. The molecule has 0 spiro atoms. The van der Waals surface area contributed by atoms with Crippen LogP contribution in [-0.4, -0.2) is 75.5 Å². The van der Waals surface area contributed by atoms with E-state index in [0.717, 1.165) is 48.4 Å². The fourth-order valence-electron chi connectivity index (χ4n) is 7.19. The van der Waals surface area contributed by atoms with Crippen LogP contribution in [0.25, 0.3) is 10.8 Å². The van der Waals surface area contributed by atoms with Gasteiger partial charge in [0.25, 0.3) is 0 Å². The van der Waals surface area contributed by atoms with Crippen molar-refractivity contribution < 1.29 is 38.1 Å². The van der Waals surface area contributed by atoms with Gasteiger partial charge in [-0.25, -0.2) is 9.78 Å². The molecular weight excluding hydrogens is 709 g/mol. The molecule has 14 heteroatoms. The smallest absolute Gasteiger partial charge is 0.408 e. The van der Waals surface area contributed by atoms with E-state index in [2.05, 4.69) is 25.9 Å². The number of aromatic amines is 1. The highest BCUT2D eigenvalue weighted by Gasteiger charge is 2.40. The van der Waals surface area contributed by atoms with E-state index in [-0.39, 0.29) is 37.3 Å². The average molecular weight is 768 g/mol. The molecule has 2 aromatic carbocycles. The third kappa shape index (κ3) is 13.0. The van der Waals surface area contributed by atoms with Crippen LogP contribution >= 0.6 is 7.37 Å². The normalized spacial score (nSPS) is 17.1. The molecule has 13 nitrogen and oxygen atoms in total. The Bertz CT molecular complexity index is 1750. The van der Waals surface area contributed by atoms with Crippen molar-refractivity contribution in [2.45, 2.75) is 116 Å². The largest absolute Gasteiger partial charge is 0.469 e. The Morgan fingerprint density at radius 1 is 0.944 bits per heavy atom. The Hall–Kier alpha value is -4.22. The quantitative estimate of drug-likeness (QED) is 0.0782. The summed E-state index contributed by atoms with van der Waals surface area (Å²) in [5.74, 6) is -3.73. The second-order valence-corrected chi connectivity index (χ2v) is 18.4. The molecule has 0 saturated heterocycles. The summed E-state index contributed by atoms with van der Waals surface area (Å²) < 4.78 is 24.8. The predicted molar refractivity (Wildman–Crippen MR) is 208 cm³/mol. The molecule has 4 unspecified atom stereocenters. The molecule has 54 heavy (non-hydrogen) atoms.